The lowest BCUT2D eigenvalue weighted by atomic mass is 9.96. The summed E-state index contributed by atoms with van der Waals surface area (Å²) in [6.07, 6.45) is 21.6. The van der Waals surface area contributed by atoms with Crippen LogP contribution < -0.4 is 0 Å². The minimum atomic E-state index is -4.27. The molecule has 2 aromatic carbocycles. The number of unbranched alkanes of at least 4 members (excludes halogenated alkanes) is 14. The lowest BCUT2D eigenvalue weighted by molar-refractivity contribution is 0.482. The summed E-state index contributed by atoms with van der Waals surface area (Å²) in [6.45, 7) is 4.48. The number of hydrogen-bond acceptors (Lipinski definition) is 2. The van der Waals surface area contributed by atoms with Crippen molar-refractivity contribution in [3.63, 3.8) is 0 Å². The number of benzene rings is 2. The summed E-state index contributed by atoms with van der Waals surface area (Å²) in [5.74, 6) is 0. The molecule has 1 N–H and O–H groups in total. The molecular weight excluding hydrogens is 440 g/mol. The molecule has 2 rings (SSSR count). The van der Waals surface area contributed by atoms with Gasteiger partial charge < -0.3 is 0 Å². The van der Waals surface area contributed by atoms with Crippen LogP contribution >= 0.6 is 0 Å². The molecule has 3 nitrogen and oxygen atoms in total. The molecule has 0 aliphatic carbocycles. The lowest BCUT2D eigenvalue weighted by Gasteiger charge is -2.14. The molecular formula is C30H48O3S. The molecule has 0 aromatic heterocycles. The number of fused-ring (bicyclic) bond motifs is 1. The van der Waals surface area contributed by atoms with E-state index in [4.69, 9.17) is 0 Å². The second-order valence-electron chi connectivity index (χ2n) is 9.99. The zero-order valence-electron chi connectivity index (χ0n) is 21.8. The molecule has 0 aliphatic heterocycles. The molecule has 0 saturated carbocycles. The predicted octanol–water partition coefficient (Wildman–Crippen LogP) is 9.45. The van der Waals surface area contributed by atoms with Crippen LogP contribution in [0.15, 0.2) is 35.2 Å². The number of aryl methyl sites for hydroxylation is 2. The number of hydrogen-bond donors (Lipinski definition) is 1. The fraction of sp³-hybridized carbons (Fsp3) is 0.667. The van der Waals surface area contributed by atoms with Gasteiger partial charge in [-0.25, -0.2) is 0 Å². The Kier molecular flexibility index (Phi) is 13.8. The van der Waals surface area contributed by atoms with Crippen molar-refractivity contribution in [3.05, 3.63) is 41.5 Å². The van der Waals surface area contributed by atoms with Crippen LogP contribution in [0, 0.1) is 0 Å². The quantitative estimate of drug-likeness (QED) is 0.158. The van der Waals surface area contributed by atoms with Crippen molar-refractivity contribution in [2.45, 2.75) is 134 Å². The van der Waals surface area contributed by atoms with Crippen LogP contribution in [0.5, 0.6) is 0 Å². The summed E-state index contributed by atoms with van der Waals surface area (Å²) in [7, 11) is -4.27. The fourth-order valence-electron chi connectivity index (χ4n) is 5.06. The SMILES string of the molecule is CCCCCCCCCCc1ccc2c(CCCCCCCCCC)cccc2c1S(=O)(=O)O. The van der Waals surface area contributed by atoms with Crippen LogP contribution in [0.1, 0.15) is 128 Å². The average Bonchev–Trinajstić information content (AvgIpc) is 2.81. The molecule has 0 heterocycles. The standard InChI is InChI=1S/C30H48O3S/c1-3-5-7-9-11-13-15-17-20-26-22-19-23-29-28(26)25-24-27(30(29)34(31,32)33)21-18-16-14-12-10-8-6-4-2/h19,22-25H,3-18,20-21H2,1-2H3,(H,31,32,33). The van der Waals surface area contributed by atoms with Crippen LogP contribution in [0.3, 0.4) is 0 Å². The summed E-state index contributed by atoms with van der Waals surface area (Å²) in [5, 5.41) is 1.65. The summed E-state index contributed by atoms with van der Waals surface area (Å²) in [5.41, 5.74) is 1.94. The van der Waals surface area contributed by atoms with Crippen molar-refractivity contribution in [3.8, 4) is 0 Å². The molecule has 2 aromatic rings. The molecule has 0 radical (unpaired) electrons. The van der Waals surface area contributed by atoms with Crippen molar-refractivity contribution in [2.24, 2.45) is 0 Å². The van der Waals surface area contributed by atoms with E-state index >= 15 is 0 Å². The predicted molar refractivity (Wildman–Crippen MR) is 146 cm³/mol. The molecule has 0 fully saturated rings. The summed E-state index contributed by atoms with van der Waals surface area (Å²) in [4.78, 5) is 0.130. The first-order valence-electron chi connectivity index (χ1n) is 14.0. The van der Waals surface area contributed by atoms with E-state index in [2.05, 4.69) is 26.0 Å². The largest absolute Gasteiger partial charge is 0.295 e. The van der Waals surface area contributed by atoms with Gasteiger partial charge in [0.1, 0.15) is 4.90 Å². The van der Waals surface area contributed by atoms with Crippen LogP contribution in [-0.4, -0.2) is 13.0 Å². The first kappa shape index (κ1) is 28.8. The van der Waals surface area contributed by atoms with Crippen molar-refractivity contribution >= 4 is 20.9 Å². The first-order chi connectivity index (χ1) is 16.5. The highest BCUT2D eigenvalue weighted by atomic mass is 32.2. The minimum absolute atomic E-state index is 0.130. The Morgan fingerprint density at radius 3 is 1.53 bits per heavy atom. The molecule has 0 spiro atoms. The topological polar surface area (TPSA) is 54.4 Å². The molecule has 0 atom stereocenters. The van der Waals surface area contributed by atoms with Crippen LogP contribution in [0.2, 0.25) is 0 Å². The maximum Gasteiger partial charge on any atom is 0.295 e. The highest BCUT2D eigenvalue weighted by Crippen LogP contribution is 2.31. The minimum Gasteiger partial charge on any atom is -0.282 e. The van der Waals surface area contributed by atoms with E-state index in [9.17, 15) is 13.0 Å². The number of rotatable bonds is 19. The zero-order chi connectivity index (χ0) is 24.7. The van der Waals surface area contributed by atoms with Gasteiger partial charge in [-0.2, -0.15) is 8.42 Å². The van der Waals surface area contributed by atoms with Crippen molar-refractivity contribution in [1.82, 2.24) is 0 Å². The highest BCUT2D eigenvalue weighted by molar-refractivity contribution is 7.86. The Balaban J connectivity index is 1.98. The van der Waals surface area contributed by atoms with E-state index < -0.39 is 10.1 Å². The molecule has 0 unspecified atom stereocenters. The van der Waals surface area contributed by atoms with Gasteiger partial charge in [0.15, 0.2) is 0 Å². The molecule has 34 heavy (non-hydrogen) atoms. The Morgan fingerprint density at radius 2 is 1.03 bits per heavy atom. The molecule has 4 heteroatoms. The van der Waals surface area contributed by atoms with E-state index in [1.54, 1.807) is 0 Å². The van der Waals surface area contributed by atoms with Gasteiger partial charge in [0.05, 0.1) is 0 Å². The van der Waals surface area contributed by atoms with E-state index in [1.807, 2.05) is 18.2 Å². The van der Waals surface area contributed by atoms with Crippen LogP contribution in [0.25, 0.3) is 10.8 Å². The zero-order valence-corrected chi connectivity index (χ0v) is 22.6. The van der Waals surface area contributed by atoms with Gasteiger partial charge in [-0.3, -0.25) is 4.55 Å². The Labute approximate surface area is 209 Å². The van der Waals surface area contributed by atoms with Crippen molar-refractivity contribution in [1.29, 1.82) is 0 Å². The van der Waals surface area contributed by atoms with Gasteiger partial charge in [0, 0.05) is 5.39 Å². The normalized spacial score (nSPS) is 12.0. The van der Waals surface area contributed by atoms with Crippen LogP contribution in [0.4, 0.5) is 0 Å². The van der Waals surface area contributed by atoms with Gasteiger partial charge in [-0.1, -0.05) is 134 Å². The average molecular weight is 489 g/mol. The Hall–Kier alpha value is -1.39. The lowest BCUT2D eigenvalue weighted by Crippen LogP contribution is -2.05. The molecule has 192 valence electrons. The summed E-state index contributed by atoms with van der Waals surface area (Å²) < 4.78 is 34.8. The summed E-state index contributed by atoms with van der Waals surface area (Å²) >= 11 is 0. The molecule has 0 aliphatic rings. The molecule has 0 bridgehead atoms. The van der Waals surface area contributed by atoms with Gasteiger partial charge >= 0.3 is 0 Å². The van der Waals surface area contributed by atoms with Gasteiger partial charge in [-0.05, 0) is 42.2 Å². The second kappa shape index (κ2) is 16.3. The van der Waals surface area contributed by atoms with E-state index in [0.29, 0.717) is 11.8 Å². The summed E-state index contributed by atoms with van der Waals surface area (Å²) in [6, 6.07) is 9.91. The van der Waals surface area contributed by atoms with Crippen molar-refractivity contribution < 1.29 is 13.0 Å². The fourth-order valence-corrected chi connectivity index (χ4v) is 6.02. The third kappa shape index (κ3) is 10.1. The smallest absolute Gasteiger partial charge is 0.282 e. The maximum absolute atomic E-state index is 12.4. The molecule has 0 amide bonds. The Morgan fingerprint density at radius 1 is 0.559 bits per heavy atom. The monoisotopic (exact) mass is 488 g/mol. The van der Waals surface area contributed by atoms with Gasteiger partial charge in [-0.15, -0.1) is 0 Å². The van der Waals surface area contributed by atoms with Gasteiger partial charge in [0.2, 0.25) is 0 Å². The molecule has 0 saturated heterocycles. The van der Waals surface area contributed by atoms with E-state index in [0.717, 1.165) is 36.6 Å². The van der Waals surface area contributed by atoms with E-state index in [1.165, 1.54) is 89.0 Å². The Bertz CT molecular complexity index is 933. The first-order valence-corrected chi connectivity index (χ1v) is 15.4. The van der Waals surface area contributed by atoms with Crippen molar-refractivity contribution in [2.75, 3.05) is 0 Å². The van der Waals surface area contributed by atoms with Crippen LogP contribution in [-0.2, 0) is 23.0 Å². The maximum atomic E-state index is 12.4. The third-order valence-electron chi connectivity index (χ3n) is 7.04. The third-order valence-corrected chi connectivity index (χ3v) is 8.04. The van der Waals surface area contributed by atoms with Gasteiger partial charge in [0.25, 0.3) is 10.1 Å². The van der Waals surface area contributed by atoms with E-state index in [-0.39, 0.29) is 4.90 Å². The second-order valence-corrected chi connectivity index (χ2v) is 11.3. The highest BCUT2D eigenvalue weighted by Gasteiger charge is 2.20.